The summed E-state index contributed by atoms with van der Waals surface area (Å²) in [6.07, 6.45) is 3.17. The summed E-state index contributed by atoms with van der Waals surface area (Å²) in [5.74, 6) is -0.162. The smallest absolute Gasteiger partial charge is 0.254 e. The van der Waals surface area contributed by atoms with Gasteiger partial charge in [-0.25, -0.2) is 0 Å². The Labute approximate surface area is 89.1 Å². The number of carbonyl (C=O) groups is 1. The van der Waals surface area contributed by atoms with Gasteiger partial charge >= 0.3 is 0 Å². The summed E-state index contributed by atoms with van der Waals surface area (Å²) in [4.78, 5) is 11.6. The molecule has 0 saturated heterocycles. The SMILES string of the molecule is Cn1cc(C(=O)NCC(C)(C)CO)cn1. The second-order valence-corrected chi connectivity index (χ2v) is 4.41. The van der Waals surface area contributed by atoms with Crippen LogP contribution in [-0.2, 0) is 7.05 Å². The average molecular weight is 211 g/mol. The monoisotopic (exact) mass is 211 g/mol. The highest BCUT2D eigenvalue weighted by Gasteiger charge is 2.18. The van der Waals surface area contributed by atoms with Gasteiger partial charge in [-0.15, -0.1) is 0 Å². The minimum absolute atomic E-state index is 0.0420. The van der Waals surface area contributed by atoms with Crippen LogP contribution in [0.2, 0.25) is 0 Å². The van der Waals surface area contributed by atoms with Crippen molar-refractivity contribution in [2.45, 2.75) is 13.8 Å². The van der Waals surface area contributed by atoms with Gasteiger partial charge in [0.05, 0.1) is 11.8 Å². The van der Waals surface area contributed by atoms with Gasteiger partial charge in [-0.2, -0.15) is 5.10 Å². The lowest BCUT2D eigenvalue weighted by Gasteiger charge is -2.21. The lowest BCUT2D eigenvalue weighted by Crippen LogP contribution is -2.35. The third-order valence-electron chi connectivity index (χ3n) is 2.12. The number of amides is 1. The number of hydrogen-bond donors (Lipinski definition) is 2. The van der Waals surface area contributed by atoms with Gasteiger partial charge in [0, 0.05) is 31.8 Å². The minimum Gasteiger partial charge on any atom is -0.396 e. The summed E-state index contributed by atoms with van der Waals surface area (Å²) in [5, 5.41) is 15.7. The zero-order valence-corrected chi connectivity index (χ0v) is 9.32. The van der Waals surface area contributed by atoms with Crippen molar-refractivity contribution < 1.29 is 9.90 Å². The Morgan fingerprint density at radius 1 is 1.67 bits per heavy atom. The third kappa shape index (κ3) is 3.36. The Hall–Kier alpha value is -1.36. The number of nitrogens with one attached hydrogen (secondary N) is 1. The van der Waals surface area contributed by atoms with E-state index < -0.39 is 0 Å². The average Bonchev–Trinajstić information content (AvgIpc) is 2.61. The summed E-state index contributed by atoms with van der Waals surface area (Å²) < 4.78 is 1.58. The molecule has 1 rings (SSSR count). The minimum atomic E-state index is -0.294. The van der Waals surface area contributed by atoms with Crippen molar-refractivity contribution in [3.05, 3.63) is 18.0 Å². The van der Waals surface area contributed by atoms with E-state index in [1.807, 2.05) is 13.8 Å². The summed E-state index contributed by atoms with van der Waals surface area (Å²) >= 11 is 0. The van der Waals surface area contributed by atoms with Gasteiger partial charge in [0.2, 0.25) is 0 Å². The number of nitrogens with zero attached hydrogens (tertiary/aromatic N) is 2. The summed E-state index contributed by atoms with van der Waals surface area (Å²) in [6.45, 7) is 4.25. The van der Waals surface area contributed by atoms with Crippen molar-refractivity contribution in [1.29, 1.82) is 0 Å². The van der Waals surface area contributed by atoms with E-state index in [2.05, 4.69) is 10.4 Å². The number of aromatic nitrogens is 2. The molecule has 1 heterocycles. The molecule has 5 heteroatoms. The number of carbonyl (C=O) groups excluding carboxylic acids is 1. The molecule has 5 nitrogen and oxygen atoms in total. The van der Waals surface area contributed by atoms with Crippen molar-refractivity contribution in [2.75, 3.05) is 13.2 Å². The van der Waals surface area contributed by atoms with Crippen molar-refractivity contribution in [2.24, 2.45) is 12.5 Å². The van der Waals surface area contributed by atoms with Gasteiger partial charge in [0.15, 0.2) is 0 Å². The topological polar surface area (TPSA) is 67.2 Å². The zero-order chi connectivity index (χ0) is 11.5. The number of aliphatic hydroxyl groups is 1. The van der Waals surface area contributed by atoms with Crippen LogP contribution in [0.1, 0.15) is 24.2 Å². The number of aryl methyl sites for hydroxylation is 1. The molecule has 1 amide bonds. The maximum Gasteiger partial charge on any atom is 0.254 e. The van der Waals surface area contributed by atoms with E-state index in [0.29, 0.717) is 12.1 Å². The fraction of sp³-hybridized carbons (Fsp3) is 0.600. The van der Waals surface area contributed by atoms with Gasteiger partial charge < -0.3 is 10.4 Å². The first-order valence-corrected chi connectivity index (χ1v) is 4.82. The molecule has 0 fully saturated rings. The fourth-order valence-electron chi connectivity index (χ4n) is 1.02. The van der Waals surface area contributed by atoms with E-state index in [1.165, 1.54) is 6.20 Å². The molecule has 0 saturated carbocycles. The van der Waals surface area contributed by atoms with Crippen LogP contribution in [0, 0.1) is 5.41 Å². The van der Waals surface area contributed by atoms with Crippen molar-refractivity contribution in [3.63, 3.8) is 0 Å². The maximum atomic E-state index is 11.6. The first kappa shape index (κ1) is 11.7. The number of rotatable bonds is 4. The lowest BCUT2D eigenvalue weighted by atomic mass is 9.95. The van der Waals surface area contributed by atoms with Crippen LogP contribution < -0.4 is 5.32 Å². The van der Waals surface area contributed by atoms with Crippen molar-refractivity contribution in [1.82, 2.24) is 15.1 Å². The third-order valence-corrected chi connectivity index (χ3v) is 2.12. The molecule has 0 bridgehead atoms. The first-order chi connectivity index (χ1) is 6.94. The van der Waals surface area contributed by atoms with E-state index in [-0.39, 0.29) is 17.9 Å². The van der Waals surface area contributed by atoms with Gasteiger partial charge in [-0.05, 0) is 0 Å². The maximum absolute atomic E-state index is 11.6. The van der Waals surface area contributed by atoms with Gasteiger partial charge in [-0.3, -0.25) is 9.48 Å². The Bertz CT molecular complexity index is 344. The molecule has 1 aromatic heterocycles. The van der Waals surface area contributed by atoms with Crippen LogP contribution in [0.25, 0.3) is 0 Å². The Balaban J connectivity index is 2.50. The summed E-state index contributed by atoms with van der Waals surface area (Å²) in [7, 11) is 1.76. The first-order valence-electron chi connectivity index (χ1n) is 4.82. The second-order valence-electron chi connectivity index (χ2n) is 4.41. The van der Waals surface area contributed by atoms with E-state index in [4.69, 9.17) is 5.11 Å². The Morgan fingerprint density at radius 2 is 2.33 bits per heavy atom. The standard InChI is InChI=1S/C10H17N3O2/c1-10(2,7-14)6-11-9(15)8-4-12-13(3)5-8/h4-5,14H,6-7H2,1-3H3,(H,11,15). The second kappa shape index (κ2) is 4.44. The predicted molar refractivity (Wildman–Crippen MR) is 56.4 cm³/mol. The summed E-state index contributed by atoms with van der Waals surface area (Å²) in [5.41, 5.74) is 0.240. The normalized spacial score (nSPS) is 11.5. The predicted octanol–water partition coefficient (Wildman–Crippen LogP) is 0.168. The van der Waals surface area contributed by atoms with E-state index in [1.54, 1.807) is 17.9 Å². The molecule has 2 N–H and O–H groups in total. The highest BCUT2D eigenvalue weighted by Crippen LogP contribution is 2.11. The van der Waals surface area contributed by atoms with Crippen molar-refractivity contribution >= 4 is 5.91 Å². The molecule has 0 radical (unpaired) electrons. The van der Waals surface area contributed by atoms with Crippen molar-refractivity contribution in [3.8, 4) is 0 Å². The molecule has 15 heavy (non-hydrogen) atoms. The van der Waals surface area contributed by atoms with Crippen LogP contribution in [0.5, 0.6) is 0 Å². The molecule has 0 atom stereocenters. The molecule has 1 aromatic rings. The molecule has 0 spiro atoms. The highest BCUT2D eigenvalue weighted by atomic mass is 16.3. The van der Waals surface area contributed by atoms with Crippen LogP contribution in [-0.4, -0.2) is 33.9 Å². The summed E-state index contributed by atoms with van der Waals surface area (Å²) in [6, 6.07) is 0. The zero-order valence-electron chi connectivity index (χ0n) is 9.32. The molecular formula is C10H17N3O2. The molecule has 0 aliphatic rings. The largest absolute Gasteiger partial charge is 0.396 e. The Kier molecular flexibility index (Phi) is 3.47. The number of hydrogen-bond acceptors (Lipinski definition) is 3. The lowest BCUT2D eigenvalue weighted by molar-refractivity contribution is 0.0911. The molecular weight excluding hydrogens is 194 g/mol. The quantitative estimate of drug-likeness (QED) is 0.746. The fourth-order valence-corrected chi connectivity index (χ4v) is 1.02. The van der Waals surface area contributed by atoms with E-state index in [0.717, 1.165) is 0 Å². The van der Waals surface area contributed by atoms with Crippen LogP contribution in [0.15, 0.2) is 12.4 Å². The van der Waals surface area contributed by atoms with Gasteiger partial charge in [-0.1, -0.05) is 13.8 Å². The molecule has 0 aliphatic carbocycles. The van der Waals surface area contributed by atoms with Crippen LogP contribution >= 0.6 is 0 Å². The van der Waals surface area contributed by atoms with E-state index in [9.17, 15) is 4.79 Å². The Morgan fingerprint density at radius 3 is 2.80 bits per heavy atom. The van der Waals surface area contributed by atoms with Crippen LogP contribution in [0.3, 0.4) is 0 Å². The highest BCUT2D eigenvalue weighted by molar-refractivity contribution is 5.93. The molecule has 84 valence electrons. The van der Waals surface area contributed by atoms with Crippen LogP contribution in [0.4, 0.5) is 0 Å². The molecule has 0 aliphatic heterocycles. The molecule has 0 unspecified atom stereocenters. The van der Waals surface area contributed by atoms with Gasteiger partial charge in [0.1, 0.15) is 0 Å². The van der Waals surface area contributed by atoms with E-state index >= 15 is 0 Å². The van der Waals surface area contributed by atoms with Gasteiger partial charge in [0.25, 0.3) is 5.91 Å². The molecule has 0 aromatic carbocycles. The number of aliphatic hydroxyl groups excluding tert-OH is 1.